The summed E-state index contributed by atoms with van der Waals surface area (Å²) in [5.74, 6) is 0.829. The second kappa shape index (κ2) is 4.42. The largest absolute Gasteiger partial charge is 0.371 e. The van der Waals surface area contributed by atoms with Crippen molar-refractivity contribution in [2.45, 2.75) is 25.0 Å². The van der Waals surface area contributed by atoms with Crippen molar-refractivity contribution < 1.29 is 4.74 Å². The molecule has 4 nitrogen and oxygen atoms in total. The molecule has 2 atom stereocenters. The minimum atomic E-state index is 0.364. The molecule has 5 heteroatoms. The molecule has 2 bridgehead atoms. The van der Waals surface area contributed by atoms with Crippen molar-refractivity contribution in [3.05, 3.63) is 28.9 Å². The van der Waals surface area contributed by atoms with E-state index in [9.17, 15) is 0 Å². The predicted octanol–water partition coefficient (Wildman–Crippen LogP) is 2.76. The van der Waals surface area contributed by atoms with Gasteiger partial charge in [-0.25, -0.2) is 9.97 Å². The molecule has 0 N–H and O–H groups in total. The average Bonchev–Trinajstić information content (AvgIpc) is 2.77. The topological polar surface area (TPSA) is 38.2 Å². The fraction of sp³-hybridized carbons (Fsp3) is 0.429. The number of morpholine rings is 1. The number of hydrogen-bond donors (Lipinski definition) is 0. The third-order valence-corrected chi connectivity index (χ3v) is 4.35. The van der Waals surface area contributed by atoms with E-state index >= 15 is 0 Å². The molecule has 0 saturated carbocycles. The Morgan fingerprint density at radius 1 is 1.21 bits per heavy atom. The van der Waals surface area contributed by atoms with Crippen molar-refractivity contribution in [3.8, 4) is 0 Å². The van der Waals surface area contributed by atoms with Gasteiger partial charge in [0.05, 0.1) is 17.7 Å². The molecule has 0 spiro atoms. The number of ether oxygens (including phenoxy) is 1. The summed E-state index contributed by atoms with van der Waals surface area (Å²) in [4.78, 5) is 11.4. The van der Waals surface area contributed by atoms with E-state index in [0.29, 0.717) is 12.2 Å². The van der Waals surface area contributed by atoms with Gasteiger partial charge in [0.2, 0.25) is 5.95 Å². The van der Waals surface area contributed by atoms with Gasteiger partial charge in [0.1, 0.15) is 0 Å². The summed E-state index contributed by atoms with van der Waals surface area (Å²) in [5, 5.41) is 1.06. The first kappa shape index (κ1) is 11.6. The lowest BCUT2D eigenvalue weighted by Crippen LogP contribution is -2.43. The average molecular weight is 320 g/mol. The van der Waals surface area contributed by atoms with E-state index < -0.39 is 0 Å². The van der Waals surface area contributed by atoms with Crippen LogP contribution in [0.4, 0.5) is 5.95 Å². The summed E-state index contributed by atoms with van der Waals surface area (Å²) < 4.78 is 6.91. The zero-order valence-corrected chi connectivity index (χ0v) is 12.0. The van der Waals surface area contributed by atoms with E-state index in [2.05, 4.69) is 30.8 Å². The van der Waals surface area contributed by atoms with Crippen molar-refractivity contribution >= 4 is 32.8 Å². The summed E-state index contributed by atoms with van der Waals surface area (Å²) in [7, 11) is 0. The highest BCUT2D eigenvalue weighted by Gasteiger charge is 2.34. The minimum Gasteiger partial charge on any atom is -0.371 e. The normalized spacial score (nSPS) is 26.1. The van der Waals surface area contributed by atoms with Crippen LogP contribution in [0.25, 0.3) is 10.9 Å². The lowest BCUT2D eigenvalue weighted by atomic mass is 10.2. The highest BCUT2D eigenvalue weighted by molar-refractivity contribution is 9.10. The molecule has 0 unspecified atom stereocenters. The molecule has 3 heterocycles. The van der Waals surface area contributed by atoms with Crippen LogP contribution >= 0.6 is 15.9 Å². The third-order valence-electron chi connectivity index (χ3n) is 3.86. The molecule has 2 aliphatic rings. The van der Waals surface area contributed by atoms with Crippen LogP contribution < -0.4 is 4.90 Å². The van der Waals surface area contributed by atoms with Gasteiger partial charge in [-0.2, -0.15) is 0 Å². The number of aromatic nitrogens is 2. The minimum absolute atomic E-state index is 0.364. The van der Waals surface area contributed by atoms with Gasteiger partial charge in [0, 0.05) is 29.1 Å². The molecule has 0 aliphatic carbocycles. The molecule has 4 rings (SSSR count). The lowest BCUT2D eigenvalue weighted by Gasteiger charge is -2.32. The zero-order chi connectivity index (χ0) is 12.8. The van der Waals surface area contributed by atoms with Crippen LogP contribution in [0.5, 0.6) is 0 Å². The fourth-order valence-corrected chi connectivity index (χ4v) is 3.30. The van der Waals surface area contributed by atoms with E-state index in [1.807, 2.05) is 24.4 Å². The van der Waals surface area contributed by atoms with Gasteiger partial charge < -0.3 is 9.64 Å². The molecule has 0 radical (unpaired) electrons. The molecule has 0 amide bonds. The van der Waals surface area contributed by atoms with Gasteiger partial charge in [0.25, 0.3) is 0 Å². The zero-order valence-electron chi connectivity index (χ0n) is 10.4. The number of benzene rings is 1. The molecule has 2 fully saturated rings. The van der Waals surface area contributed by atoms with Crippen LogP contribution in [-0.4, -0.2) is 35.3 Å². The Hall–Kier alpha value is -1.20. The van der Waals surface area contributed by atoms with Crippen LogP contribution in [0.15, 0.2) is 28.9 Å². The molecular weight excluding hydrogens is 306 g/mol. The third kappa shape index (κ3) is 2.11. The molecule has 1 aromatic heterocycles. The van der Waals surface area contributed by atoms with Crippen molar-refractivity contribution in [1.29, 1.82) is 0 Å². The van der Waals surface area contributed by atoms with E-state index in [0.717, 1.165) is 34.4 Å². The van der Waals surface area contributed by atoms with Gasteiger partial charge in [-0.3, -0.25) is 0 Å². The smallest absolute Gasteiger partial charge is 0.226 e. The maximum absolute atomic E-state index is 5.85. The van der Waals surface area contributed by atoms with Crippen molar-refractivity contribution in [2.75, 3.05) is 18.0 Å². The Morgan fingerprint density at radius 2 is 2.00 bits per heavy atom. The Balaban J connectivity index is 1.69. The van der Waals surface area contributed by atoms with Gasteiger partial charge >= 0.3 is 0 Å². The van der Waals surface area contributed by atoms with Crippen molar-refractivity contribution in [1.82, 2.24) is 9.97 Å². The summed E-state index contributed by atoms with van der Waals surface area (Å²) in [5.41, 5.74) is 0.993. The SMILES string of the molecule is Brc1ccc2nc(N3C[C@H]4CC[C@@H](C3)O4)ncc2c1. The number of anilines is 1. The first-order valence-corrected chi connectivity index (χ1v) is 7.40. The maximum Gasteiger partial charge on any atom is 0.226 e. The Labute approximate surface area is 119 Å². The standard InChI is InChI=1S/C14H14BrN3O/c15-10-1-4-13-9(5-10)6-16-14(17-13)18-7-11-2-3-12(8-18)19-11/h1,4-6,11-12H,2-3,7-8H2/t11-,12+. The van der Waals surface area contributed by atoms with E-state index in [1.165, 1.54) is 12.8 Å². The van der Waals surface area contributed by atoms with Crippen LogP contribution in [0.1, 0.15) is 12.8 Å². The number of halogens is 1. The second-order valence-electron chi connectivity index (χ2n) is 5.24. The molecule has 98 valence electrons. The summed E-state index contributed by atoms with van der Waals surface area (Å²) in [6.45, 7) is 1.83. The summed E-state index contributed by atoms with van der Waals surface area (Å²) in [6, 6.07) is 6.09. The number of hydrogen-bond acceptors (Lipinski definition) is 4. The number of nitrogens with zero attached hydrogens (tertiary/aromatic N) is 3. The van der Waals surface area contributed by atoms with Crippen molar-refractivity contribution in [3.63, 3.8) is 0 Å². The maximum atomic E-state index is 5.85. The van der Waals surface area contributed by atoms with Gasteiger partial charge in [-0.1, -0.05) is 15.9 Å². The van der Waals surface area contributed by atoms with E-state index in [1.54, 1.807) is 0 Å². The van der Waals surface area contributed by atoms with Crippen LogP contribution in [0.2, 0.25) is 0 Å². The lowest BCUT2D eigenvalue weighted by molar-refractivity contribution is 0.0299. The van der Waals surface area contributed by atoms with Gasteiger partial charge in [-0.05, 0) is 31.0 Å². The Morgan fingerprint density at radius 3 is 2.79 bits per heavy atom. The van der Waals surface area contributed by atoms with Gasteiger partial charge in [0.15, 0.2) is 0 Å². The second-order valence-corrected chi connectivity index (χ2v) is 6.15. The quantitative estimate of drug-likeness (QED) is 0.810. The Kier molecular flexibility index (Phi) is 2.70. The van der Waals surface area contributed by atoms with Crippen LogP contribution in [0.3, 0.4) is 0 Å². The molecule has 1 aromatic carbocycles. The van der Waals surface area contributed by atoms with Crippen LogP contribution in [0, 0.1) is 0 Å². The monoisotopic (exact) mass is 319 g/mol. The number of fused-ring (bicyclic) bond motifs is 3. The first-order chi connectivity index (χ1) is 9.28. The summed E-state index contributed by atoms with van der Waals surface area (Å²) in [6.07, 6.45) is 4.97. The number of rotatable bonds is 1. The molecule has 2 aromatic rings. The Bertz CT molecular complexity index is 621. The van der Waals surface area contributed by atoms with Crippen molar-refractivity contribution in [2.24, 2.45) is 0 Å². The molecular formula is C14H14BrN3O. The van der Waals surface area contributed by atoms with Gasteiger partial charge in [-0.15, -0.1) is 0 Å². The first-order valence-electron chi connectivity index (χ1n) is 6.61. The van der Waals surface area contributed by atoms with Crippen LogP contribution in [-0.2, 0) is 4.74 Å². The molecule has 2 saturated heterocycles. The molecule has 19 heavy (non-hydrogen) atoms. The predicted molar refractivity (Wildman–Crippen MR) is 77.3 cm³/mol. The van der Waals surface area contributed by atoms with E-state index in [-0.39, 0.29) is 0 Å². The summed E-state index contributed by atoms with van der Waals surface area (Å²) >= 11 is 3.47. The highest BCUT2D eigenvalue weighted by atomic mass is 79.9. The highest BCUT2D eigenvalue weighted by Crippen LogP contribution is 2.28. The molecule has 2 aliphatic heterocycles. The fourth-order valence-electron chi connectivity index (χ4n) is 2.92. The van der Waals surface area contributed by atoms with E-state index in [4.69, 9.17) is 4.74 Å².